The van der Waals surface area contributed by atoms with Crippen LogP contribution in [0.25, 0.3) is 0 Å². The molecule has 0 saturated carbocycles. The SMILES string of the molecule is Cc1nc(CN2CCCC2)sc1C(=O)N1CCN(C(=O)c2ccco2)CC1. The number of hydrogen-bond acceptors (Lipinski definition) is 6. The van der Waals surface area contributed by atoms with Gasteiger partial charge in [-0.3, -0.25) is 14.5 Å². The topological polar surface area (TPSA) is 69.9 Å². The summed E-state index contributed by atoms with van der Waals surface area (Å²) in [6, 6.07) is 3.38. The van der Waals surface area contributed by atoms with E-state index in [1.54, 1.807) is 17.0 Å². The first-order chi connectivity index (χ1) is 13.1. The molecule has 0 atom stereocenters. The number of rotatable bonds is 4. The van der Waals surface area contributed by atoms with E-state index in [0.29, 0.717) is 31.9 Å². The number of hydrogen-bond donors (Lipinski definition) is 0. The Morgan fingerprint density at radius 2 is 1.74 bits per heavy atom. The van der Waals surface area contributed by atoms with Gasteiger partial charge in [-0.05, 0) is 45.0 Å². The highest BCUT2D eigenvalue weighted by Crippen LogP contribution is 2.23. The van der Waals surface area contributed by atoms with E-state index in [-0.39, 0.29) is 11.8 Å². The van der Waals surface area contributed by atoms with Gasteiger partial charge in [0.2, 0.25) is 0 Å². The van der Waals surface area contributed by atoms with Crippen LogP contribution in [-0.4, -0.2) is 70.8 Å². The Labute approximate surface area is 162 Å². The minimum absolute atomic E-state index is 0.0303. The highest BCUT2D eigenvalue weighted by Gasteiger charge is 2.28. The van der Waals surface area contributed by atoms with Crippen LogP contribution in [0, 0.1) is 6.92 Å². The lowest BCUT2D eigenvalue weighted by Crippen LogP contribution is -2.50. The summed E-state index contributed by atoms with van der Waals surface area (Å²) >= 11 is 1.51. The lowest BCUT2D eigenvalue weighted by Gasteiger charge is -2.34. The summed E-state index contributed by atoms with van der Waals surface area (Å²) in [5.41, 5.74) is 0.813. The molecule has 0 bridgehead atoms. The van der Waals surface area contributed by atoms with Gasteiger partial charge < -0.3 is 14.2 Å². The Kier molecular flexibility index (Phi) is 5.27. The van der Waals surface area contributed by atoms with Crippen LogP contribution in [0.3, 0.4) is 0 Å². The van der Waals surface area contributed by atoms with Gasteiger partial charge >= 0.3 is 0 Å². The van der Waals surface area contributed by atoms with Gasteiger partial charge in [0, 0.05) is 26.2 Å². The third-order valence-corrected chi connectivity index (χ3v) is 6.31. The molecule has 2 aliphatic heterocycles. The second-order valence-electron chi connectivity index (χ2n) is 7.07. The highest BCUT2D eigenvalue weighted by molar-refractivity contribution is 7.13. The third-order valence-electron chi connectivity index (χ3n) is 5.18. The molecule has 2 aromatic rings. The quantitative estimate of drug-likeness (QED) is 0.803. The van der Waals surface area contributed by atoms with Gasteiger partial charge in [-0.15, -0.1) is 11.3 Å². The number of amides is 2. The van der Waals surface area contributed by atoms with Crippen molar-refractivity contribution in [2.45, 2.75) is 26.3 Å². The molecule has 144 valence electrons. The van der Waals surface area contributed by atoms with E-state index in [1.807, 2.05) is 11.8 Å². The molecule has 27 heavy (non-hydrogen) atoms. The maximum Gasteiger partial charge on any atom is 0.289 e. The first kappa shape index (κ1) is 18.2. The largest absolute Gasteiger partial charge is 0.459 e. The first-order valence-corrected chi connectivity index (χ1v) is 10.2. The molecule has 8 heteroatoms. The number of nitrogens with zero attached hydrogens (tertiary/aromatic N) is 4. The molecule has 0 N–H and O–H groups in total. The van der Waals surface area contributed by atoms with Crippen LogP contribution in [0.1, 0.15) is 43.8 Å². The maximum absolute atomic E-state index is 12.9. The standard InChI is InChI=1S/C19H24N4O3S/c1-14-17(27-16(20-14)13-21-6-2-3-7-21)19(25)23-10-8-22(9-11-23)18(24)15-5-4-12-26-15/h4-5,12H,2-3,6-11,13H2,1H3. The van der Waals surface area contributed by atoms with Crippen molar-refractivity contribution in [1.29, 1.82) is 0 Å². The Bertz CT molecular complexity index is 803. The van der Waals surface area contributed by atoms with Crippen LogP contribution in [0.5, 0.6) is 0 Å². The van der Waals surface area contributed by atoms with E-state index in [9.17, 15) is 9.59 Å². The molecule has 7 nitrogen and oxygen atoms in total. The zero-order valence-corrected chi connectivity index (χ0v) is 16.3. The zero-order chi connectivity index (χ0) is 18.8. The summed E-state index contributed by atoms with van der Waals surface area (Å²) in [7, 11) is 0. The zero-order valence-electron chi connectivity index (χ0n) is 15.5. The van der Waals surface area contributed by atoms with Crippen molar-refractivity contribution in [3.63, 3.8) is 0 Å². The van der Waals surface area contributed by atoms with E-state index >= 15 is 0 Å². The smallest absolute Gasteiger partial charge is 0.289 e. The molecule has 0 unspecified atom stereocenters. The molecule has 0 aliphatic carbocycles. The summed E-state index contributed by atoms with van der Waals surface area (Å²) in [5.74, 6) is 0.261. The maximum atomic E-state index is 12.9. The number of aryl methyl sites for hydroxylation is 1. The average molecular weight is 388 g/mol. The fourth-order valence-corrected chi connectivity index (χ4v) is 4.74. The van der Waals surface area contributed by atoms with Crippen molar-refractivity contribution in [2.75, 3.05) is 39.3 Å². The lowest BCUT2D eigenvalue weighted by atomic mass is 10.2. The lowest BCUT2D eigenvalue weighted by molar-refractivity contribution is 0.0520. The van der Waals surface area contributed by atoms with Crippen molar-refractivity contribution in [2.24, 2.45) is 0 Å². The Hall–Kier alpha value is -2.19. The molecule has 2 saturated heterocycles. The summed E-state index contributed by atoms with van der Waals surface area (Å²) in [4.78, 5) is 36.6. The second-order valence-corrected chi connectivity index (χ2v) is 8.15. The molecular formula is C19H24N4O3S. The van der Waals surface area contributed by atoms with Gasteiger partial charge in [-0.2, -0.15) is 0 Å². The number of thiazole rings is 1. The van der Waals surface area contributed by atoms with Gasteiger partial charge in [-0.25, -0.2) is 4.98 Å². The van der Waals surface area contributed by atoms with Gasteiger partial charge in [-0.1, -0.05) is 0 Å². The monoisotopic (exact) mass is 388 g/mol. The number of carbonyl (C=O) groups is 2. The van der Waals surface area contributed by atoms with Crippen molar-refractivity contribution >= 4 is 23.2 Å². The van der Waals surface area contributed by atoms with Gasteiger partial charge in [0.1, 0.15) is 9.88 Å². The van der Waals surface area contributed by atoms with Crippen LogP contribution in [0.2, 0.25) is 0 Å². The summed E-state index contributed by atoms with van der Waals surface area (Å²) in [6.07, 6.45) is 3.99. The molecule has 0 radical (unpaired) electrons. The van der Waals surface area contributed by atoms with Crippen LogP contribution in [-0.2, 0) is 6.54 Å². The fraction of sp³-hybridized carbons (Fsp3) is 0.526. The minimum Gasteiger partial charge on any atom is -0.459 e. The summed E-state index contributed by atoms with van der Waals surface area (Å²) in [6.45, 7) is 7.08. The third kappa shape index (κ3) is 3.91. The molecular weight excluding hydrogens is 364 g/mol. The van der Waals surface area contributed by atoms with E-state index in [0.717, 1.165) is 35.2 Å². The molecule has 4 rings (SSSR count). The number of likely N-dealkylation sites (tertiary alicyclic amines) is 1. The number of furan rings is 1. The normalized spacial score (nSPS) is 18.3. The van der Waals surface area contributed by atoms with Gasteiger partial charge in [0.25, 0.3) is 11.8 Å². The second kappa shape index (κ2) is 7.82. The van der Waals surface area contributed by atoms with E-state index < -0.39 is 0 Å². The minimum atomic E-state index is -0.117. The van der Waals surface area contributed by atoms with Crippen LogP contribution < -0.4 is 0 Å². The van der Waals surface area contributed by atoms with E-state index in [1.165, 1.54) is 30.4 Å². The van der Waals surface area contributed by atoms with Gasteiger partial charge in [0.15, 0.2) is 5.76 Å². The van der Waals surface area contributed by atoms with Crippen molar-refractivity contribution in [1.82, 2.24) is 19.7 Å². The Balaban J connectivity index is 1.36. The van der Waals surface area contributed by atoms with E-state index in [2.05, 4.69) is 9.88 Å². The van der Waals surface area contributed by atoms with Crippen molar-refractivity contribution < 1.29 is 14.0 Å². The van der Waals surface area contributed by atoms with Crippen LogP contribution in [0.15, 0.2) is 22.8 Å². The predicted octanol–water partition coefficient (Wildman–Crippen LogP) is 2.24. The summed E-state index contributed by atoms with van der Waals surface area (Å²) < 4.78 is 5.18. The number of carbonyl (C=O) groups excluding carboxylic acids is 2. The molecule has 2 aromatic heterocycles. The molecule has 2 amide bonds. The Morgan fingerprint density at radius 1 is 1.07 bits per heavy atom. The van der Waals surface area contributed by atoms with Crippen LogP contribution >= 0.6 is 11.3 Å². The van der Waals surface area contributed by atoms with E-state index in [4.69, 9.17) is 4.42 Å². The van der Waals surface area contributed by atoms with Crippen molar-refractivity contribution in [3.05, 3.63) is 39.7 Å². The van der Waals surface area contributed by atoms with Crippen LogP contribution in [0.4, 0.5) is 0 Å². The number of aromatic nitrogens is 1. The summed E-state index contributed by atoms with van der Waals surface area (Å²) in [5, 5.41) is 1.02. The molecule has 2 fully saturated rings. The highest BCUT2D eigenvalue weighted by atomic mass is 32.1. The molecule has 2 aliphatic rings. The number of piperazine rings is 1. The molecule has 4 heterocycles. The first-order valence-electron chi connectivity index (χ1n) is 9.42. The Morgan fingerprint density at radius 3 is 2.37 bits per heavy atom. The fourth-order valence-electron chi connectivity index (χ4n) is 3.66. The predicted molar refractivity (Wildman–Crippen MR) is 102 cm³/mol. The molecule has 0 aromatic carbocycles. The molecule has 0 spiro atoms. The van der Waals surface area contributed by atoms with Gasteiger partial charge in [0.05, 0.1) is 18.5 Å². The average Bonchev–Trinajstić information content (AvgIpc) is 3.43. The van der Waals surface area contributed by atoms with Crippen molar-refractivity contribution in [3.8, 4) is 0 Å².